The molecular weight excluding hydrogens is 847 g/mol. The maximum Gasteiger partial charge on any atom is 0.160 e. The summed E-state index contributed by atoms with van der Waals surface area (Å²) in [6.45, 7) is 0. The highest BCUT2D eigenvalue weighted by Gasteiger charge is 2.15. The number of pyridine rings is 1. The average Bonchev–Trinajstić information content (AvgIpc) is 3.44. The van der Waals surface area contributed by atoms with Gasteiger partial charge >= 0.3 is 0 Å². The lowest BCUT2D eigenvalue weighted by Gasteiger charge is -2.13. The molecule has 11 aromatic carbocycles. The third-order valence-electron chi connectivity index (χ3n) is 13.6. The molecule has 0 aliphatic heterocycles. The van der Waals surface area contributed by atoms with Crippen LogP contribution >= 0.6 is 0 Å². The summed E-state index contributed by atoms with van der Waals surface area (Å²) < 4.78 is 0. The van der Waals surface area contributed by atoms with Crippen LogP contribution < -0.4 is 0 Å². The van der Waals surface area contributed by atoms with Crippen LogP contribution in [0.15, 0.2) is 261 Å². The van der Waals surface area contributed by atoms with E-state index in [0.29, 0.717) is 5.82 Å². The van der Waals surface area contributed by atoms with Gasteiger partial charge in [-0.25, -0.2) is 15.0 Å². The molecule has 0 aliphatic rings. The van der Waals surface area contributed by atoms with Crippen molar-refractivity contribution in [2.24, 2.45) is 0 Å². The smallest absolute Gasteiger partial charge is 0.160 e. The van der Waals surface area contributed by atoms with E-state index < -0.39 is 0 Å². The van der Waals surface area contributed by atoms with E-state index >= 15 is 0 Å². The molecule has 0 amide bonds. The number of hydrogen-bond donors (Lipinski definition) is 0. The molecule has 0 bridgehead atoms. The SMILES string of the molecule is c1cc(-c2ccc(-c3cc(-c4ccc5ccccc5c4)nc(-c4ccc5ccccc5c4)c3)cc2)cc(-c2ccc(-c3cc(-c4ccc5ccccc5c4)nc(-c4ccc5ccccc5c4)n3)cc2)c1. The first kappa shape index (κ1) is 40.9. The van der Waals surface area contributed by atoms with Gasteiger partial charge in [-0.15, -0.1) is 0 Å². The third kappa shape index (κ3) is 7.96. The maximum absolute atomic E-state index is 5.28. The van der Waals surface area contributed by atoms with Crippen LogP contribution in [0.4, 0.5) is 0 Å². The molecule has 0 fully saturated rings. The molecule has 0 saturated heterocycles. The molecule has 0 radical (unpaired) electrons. The molecule has 326 valence electrons. The van der Waals surface area contributed by atoms with E-state index in [-0.39, 0.29) is 0 Å². The maximum atomic E-state index is 5.28. The molecule has 2 heterocycles. The first-order valence-corrected chi connectivity index (χ1v) is 23.8. The Kier molecular flexibility index (Phi) is 10.2. The van der Waals surface area contributed by atoms with Crippen molar-refractivity contribution in [1.82, 2.24) is 15.0 Å². The molecule has 2 aromatic heterocycles. The molecule has 0 N–H and O–H groups in total. The second-order valence-corrected chi connectivity index (χ2v) is 18.1. The zero-order chi connectivity index (χ0) is 46.4. The fourth-order valence-electron chi connectivity index (χ4n) is 9.81. The van der Waals surface area contributed by atoms with Crippen molar-refractivity contribution in [3.05, 3.63) is 261 Å². The largest absolute Gasteiger partial charge is 0.248 e. The van der Waals surface area contributed by atoms with E-state index in [1.54, 1.807) is 0 Å². The lowest BCUT2D eigenvalue weighted by molar-refractivity contribution is 1.18. The summed E-state index contributed by atoms with van der Waals surface area (Å²) in [6, 6.07) is 93.3. The summed E-state index contributed by atoms with van der Waals surface area (Å²) in [5.41, 5.74) is 15.8. The first-order valence-electron chi connectivity index (χ1n) is 23.8. The highest BCUT2D eigenvalue weighted by atomic mass is 14.9. The van der Waals surface area contributed by atoms with Crippen molar-refractivity contribution in [2.45, 2.75) is 0 Å². The van der Waals surface area contributed by atoms with E-state index in [1.807, 2.05) is 0 Å². The monoisotopic (exact) mass is 889 g/mol. The van der Waals surface area contributed by atoms with Gasteiger partial charge in [0, 0.05) is 27.8 Å². The van der Waals surface area contributed by atoms with Crippen LogP contribution in [0.2, 0.25) is 0 Å². The van der Waals surface area contributed by atoms with Gasteiger partial charge in [-0.2, -0.15) is 0 Å². The number of hydrogen-bond acceptors (Lipinski definition) is 3. The summed E-state index contributed by atoms with van der Waals surface area (Å²) in [7, 11) is 0. The lowest BCUT2D eigenvalue weighted by Crippen LogP contribution is -1.96. The van der Waals surface area contributed by atoms with Crippen molar-refractivity contribution < 1.29 is 0 Å². The van der Waals surface area contributed by atoms with Crippen molar-refractivity contribution in [3.63, 3.8) is 0 Å². The number of fused-ring (bicyclic) bond motifs is 4. The van der Waals surface area contributed by atoms with Gasteiger partial charge in [0.2, 0.25) is 0 Å². The summed E-state index contributed by atoms with van der Waals surface area (Å²) in [5, 5.41) is 9.57. The van der Waals surface area contributed by atoms with Crippen LogP contribution in [0, 0.1) is 0 Å². The second kappa shape index (κ2) is 17.4. The Morgan fingerprint density at radius 1 is 0.157 bits per heavy atom. The van der Waals surface area contributed by atoms with Crippen LogP contribution in [0.1, 0.15) is 0 Å². The normalized spacial score (nSPS) is 11.4. The van der Waals surface area contributed by atoms with Crippen LogP contribution in [-0.4, -0.2) is 15.0 Å². The molecule has 0 aliphatic carbocycles. The quantitative estimate of drug-likeness (QED) is 0.153. The van der Waals surface area contributed by atoms with Gasteiger partial charge in [0.15, 0.2) is 5.82 Å². The minimum atomic E-state index is 0.703. The average molecular weight is 890 g/mol. The minimum absolute atomic E-state index is 0.703. The third-order valence-corrected chi connectivity index (χ3v) is 13.6. The standard InChI is InChI=1S/C67H43N3/c1-5-14-52-37-58(32-26-44(52)10-1)63-41-62(42-64(68-63)59-33-27-45-11-2-6-15-53(45)38-59)50-22-20-48(21-23-50)56-18-9-19-57(36-56)49-24-30-51(31-25-49)65-43-66(60-34-28-46-12-3-7-16-54(46)39-60)70-67(69-65)61-35-29-47-13-4-8-17-55(47)40-61/h1-43H. The Bertz CT molecular complexity index is 3660. The van der Waals surface area contributed by atoms with E-state index in [4.69, 9.17) is 15.0 Å². The van der Waals surface area contributed by atoms with E-state index in [9.17, 15) is 0 Å². The topological polar surface area (TPSA) is 38.7 Å². The van der Waals surface area contributed by atoms with Crippen LogP contribution in [0.3, 0.4) is 0 Å². The van der Waals surface area contributed by atoms with Crippen molar-refractivity contribution in [1.29, 1.82) is 0 Å². The summed E-state index contributed by atoms with van der Waals surface area (Å²) in [6.07, 6.45) is 0. The van der Waals surface area contributed by atoms with Gasteiger partial charge in [-0.1, -0.05) is 212 Å². The summed E-state index contributed by atoms with van der Waals surface area (Å²) >= 11 is 0. The molecule has 0 spiro atoms. The number of nitrogens with zero attached hydrogens (tertiary/aromatic N) is 3. The van der Waals surface area contributed by atoms with Gasteiger partial charge < -0.3 is 0 Å². The Balaban J connectivity index is 0.819. The Morgan fingerprint density at radius 2 is 0.471 bits per heavy atom. The summed E-state index contributed by atoms with van der Waals surface area (Å²) in [4.78, 5) is 15.7. The van der Waals surface area contributed by atoms with Crippen molar-refractivity contribution in [3.8, 4) is 89.8 Å². The number of rotatable bonds is 8. The summed E-state index contributed by atoms with van der Waals surface area (Å²) in [5.74, 6) is 0.703. The molecule has 3 nitrogen and oxygen atoms in total. The Hall–Kier alpha value is -9.31. The predicted octanol–water partition coefficient (Wildman–Crippen LogP) is 17.8. The molecule has 0 saturated carbocycles. The van der Waals surface area contributed by atoms with Gasteiger partial charge in [-0.3, -0.25) is 0 Å². The molecule has 13 aromatic rings. The van der Waals surface area contributed by atoms with Gasteiger partial charge in [0.1, 0.15) is 0 Å². The number of benzene rings is 11. The minimum Gasteiger partial charge on any atom is -0.248 e. The Labute approximate surface area is 406 Å². The fraction of sp³-hybridized carbons (Fsp3) is 0. The van der Waals surface area contributed by atoms with E-state index in [2.05, 4.69) is 261 Å². The molecule has 70 heavy (non-hydrogen) atoms. The highest BCUT2D eigenvalue weighted by Crippen LogP contribution is 2.36. The molecular formula is C67H43N3. The zero-order valence-electron chi connectivity index (χ0n) is 38.2. The van der Waals surface area contributed by atoms with Crippen molar-refractivity contribution in [2.75, 3.05) is 0 Å². The van der Waals surface area contributed by atoms with Crippen LogP contribution in [-0.2, 0) is 0 Å². The fourth-order valence-corrected chi connectivity index (χ4v) is 9.81. The molecule has 13 rings (SSSR count). The molecule has 3 heteroatoms. The predicted molar refractivity (Wildman–Crippen MR) is 293 cm³/mol. The number of aromatic nitrogens is 3. The van der Waals surface area contributed by atoms with Gasteiger partial charge in [0.05, 0.1) is 22.8 Å². The van der Waals surface area contributed by atoms with Gasteiger partial charge in [0.25, 0.3) is 0 Å². The van der Waals surface area contributed by atoms with Crippen LogP contribution in [0.5, 0.6) is 0 Å². The van der Waals surface area contributed by atoms with E-state index in [1.165, 1.54) is 37.7 Å². The zero-order valence-corrected chi connectivity index (χ0v) is 38.2. The molecule has 0 atom stereocenters. The lowest BCUT2D eigenvalue weighted by atomic mass is 9.95. The second-order valence-electron chi connectivity index (χ2n) is 18.1. The van der Waals surface area contributed by atoms with E-state index in [0.717, 1.165) is 89.4 Å². The van der Waals surface area contributed by atoms with Crippen LogP contribution in [0.25, 0.3) is 133 Å². The molecule has 0 unspecified atom stereocenters. The van der Waals surface area contributed by atoms with Crippen molar-refractivity contribution >= 4 is 43.1 Å². The first-order chi connectivity index (χ1) is 34.6. The highest BCUT2D eigenvalue weighted by molar-refractivity contribution is 5.92. The Morgan fingerprint density at radius 3 is 0.900 bits per heavy atom. The van der Waals surface area contributed by atoms with Gasteiger partial charge in [-0.05, 0) is 125 Å².